The van der Waals surface area contributed by atoms with Gasteiger partial charge in [-0.15, -0.1) is 0 Å². The highest BCUT2D eigenvalue weighted by atomic mass is 16.3. The zero-order valence-corrected chi connectivity index (χ0v) is 7.04. The standard InChI is InChI=1S/C8H18O2/c1-4-8(10)6(2)5-7(3)9/h6-10H,4-5H2,1-3H3/t6-,7-,8-/m1/s1. The third-order valence-electron chi connectivity index (χ3n) is 1.79. The van der Waals surface area contributed by atoms with Crippen LogP contribution in [0, 0.1) is 5.92 Å². The van der Waals surface area contributed by atoms with Crippen LogP contribution in [-0.2, 0) is 0 Å². The highest BCUT2D eigenvalue weighted by Crippen LogP contribution is 2.12. The summed E-state index contributed by atoms with van der Waals surface area (Å²) < 4.78 is 0. The third kappa shape index (κ3) is 3.85. The Kier molecular flexibility index (Phi) is 4.65. The van der Waals surface area contributed by atoms with E-state index in [1.807, 2.05) is 13.8 Å². The van der Waals surface area contributed by atoms with E-state index in [0.717, 1.165) is 6.42 Å². The fourth-order valence-corrected chi connectivity index (χ4v) is 1.10. The van der Waals surface area contributed by atoms with E-state index in [9.17, 15) is 5.11 Å². The van der Waals surface area contributed by atoms with Gasteiger partial charge in [0.15, 0.2) is 0 Å². The van der Waals surface area contributed by atoms with Crippen LogP contribution in [0.1, 0.15) is 33.6 Å². The fourth-order valence-electron chi connectivity index (χ4n) is 1.10. The molecule has 0 heterocycles. The summed E-state index contributed by atoms with van der Waals surface area (Å²) in [5.41, 5.74) is 0. The van der Waals surface area contributed by atoms with Gasteiger partial charge in [-0.1, -0.05) is 13.8 Å². The predicted molar refractivity (Wildman–Crippen MR) is 41.8 cm³/mol. The van der Waals surface area contributed by atoms with Gasteiger partial charge in [0, 0.05) is 0 Å². The van der Waals surface area contributed by atoms with E-state index in [-0.39, 0.29) is 18.1 Å². The van der Waals surface area contributed by atoms with Crippen molar-refractivity contribution in [3.63, 3.8) is 0 Å². The number of aliphatic hydroxyl groups is 2. The van der Waals surface area contributed by atoms with Crippen molar-refractivity contribution in [3.05, 3.63) is 0 Å². The second kappa shape index (κ2) is 4.69. The van der Waals surface area contributed by atoms with Gasteiger partial charge in [-0.25, -0.2) is 0 Å². The summed E-state index contributed by atoms with van der Waals surface area (Å²) in [6, 6.07) is 0. The lowest BCUT2D eigenvalue weighted by Crippen LogP contribution is -2.20. The smallest absolute Gasteiger partial charge is 0.0564 e. The van der Waals surface area contributed by atoms with E-state index >= 15 is 0 Å². The van der Waals surface area contributed by atoms with Gasteiger partial charge in [0.05, 0.1) is 12.2 Å². The molecule has 0 aromatic rings. The van der Waals surface area contributed by atoms with Crippen molar-refractivity contribution >= 4 is 0 Å². The van der Waals surface area contributed by atoms with Crippen molar-refractivity contribution in [2.24, 2.45) is 5.92 Å². The zero-order chi connectivity index (χ0) is 8.15. The van der Waals surface area contributed by atoms with Crippen LogP contribution in [0.4, 0.5) is 0 Å². The van der Waals surface area contributed by atoms with E-state index < -0.39 is 0 Å². The summed E-state index contributed by atoms with van der Waals surface area (Å²) in [6.45, 7) is 5.66. The maximum Gasteiger partial charge on any atom is 0.0564 e. The van der Waals surface area contributed by atoms with Crippen molar-refractivity contribution < 1.29 is 10.2 Å². The van der Waals surface area contributed by atoms with Gasteiger partial charge in [0.2, 0.25) is 0 Å². The van der Waals surface area contributed by atoms with E-state index in [1.165, 1.54) is 0 Å². The molecule has 0 bridgehead atoms. The van der Waals surface area contributed by atoms with Gasteiger partial charge in [-0.05, 0) is 25.7 Å². The number of rotatable bonds is 4. The first-order chi connectivity index (χ1) is 4.57. The van der Waals surface area contributed by atoms with E-state index in [2.05, 4.69) is 0 Å². The lowest BCUT2D eigenvalue weighted by Gasteiger charge is -2.18. The highest BCUT2D eigenvalue weighted by molar-refractivity contribution is 4.64. The highest BCUT2D eigenvalue weighted by Gasteiger charge is 2.13. The Morgan fingerprint density at radius 3 is 2.00 bits per heavy atom. The molecule has 0 aromatic carbocycles. The van der Waals surface area contributed by atoms with Crippen molar-refractivity contribution in [3.8, 4) is 0 Å². The summed E-state index contributed by atoms with van der Waals surface area (Å²) in [5.74, 6) is 0.213. The van der Waals surface area contributed by atoms with Crippen LogP contribution >= 0.6 is 0 Å². The second-order valence-corrected chi connectivity index (χ2v) is 3.04. The fraction of sp³-hybridized carbons (Fsp3) is 1.00. The maximum absolute atomic E-state index is 9.26. The van der Waals surface area contributed by atoms with Gasteiger partial charge in [0.1, 0.15) is 0 Å². The summed E-state index contributed by atoms with van der Waals surface area (Å²) in [6.07, 6.45) is 0.911. The van der Waals surface area contributed by atoms with Gasteiger partial charge in [0.25, 0.3) is 0 Å². The lowest BCUT2D eigenvalue weighted by molar-refractivity contribution is 0.0733. The second-order valence-electron chi connectivity index (χ2n) is 3.04. The average molecular weight is 146 g/mol. The Balaban J connectivity index is 3.50. The minimum Gasteiger partial charge on any atom is -0.393 e. The van der Waals surface area contributed by atoms with Crippen LogP contribution < -0.4 is 0 Å². The third-order valence-corrected chi connectivity index (χ3v) is 1.79. The monoisotopic (exact) mass is 146 g/mol. The molecule has 2 heteroatoms. The maximum atomic E-state index is 9.26. The molecule has 10 heavy (non-hydrogen) atoms. The van der Waals surface area contributed by atoms with Gasteiger partial charge >= 0.3 is 0 Å². The molecule has 62 valence electrons. The molecule has 0 aliphatic rings. The Labute approximate surface area is 62.9 Å². The first-order valence-electron chi connectivity index (χ1n) is 3.94. The molecular formula is C8H18O2. The van der Waals surface area contributed by atoms with Crippen LogP contribution in [0.3, 0.4) is 0 Å². The van der Waals surface area contributed by atoms with Crippen LogP contribution in [-0.4, -0.2) is 22.4 Å². The molecule has 0 radical (unpaired) electrons. The first-order valence-corrected chi connectivity index (χ1v) is 3.94. The minimum atomic E-state index is -0.295. The molecule has 0 spiro atoms. The lowest BCUT2D eigenvalue weighted by atomic mass is 9.96. The van der Waals surface area contributed by atoms with E-state index in [0.29, 0.717) is 6.42 Å². The molecule has 2 N–H and O–H groups in total. The minimum absolute atomic E-state index is 0.213. The quantitative estimate of drug-likeness (QED) is 0.625. The largest absolute Gasteiger partial charge is 0.393 e. The SMILES string of the molecule is CC[C@@H](O)[C@H](C)C[C@@H](C)O. The van der Waals surface area contributed by atoms with Crippen LogP contribution in [0.15, 0.2) is 0 Å². The average Bonchev–Trinajstić information content (AvgIpc) is 1.85. The summed E-state index contributed by atoms with van der Waals surface area (Å²) in [5, 5.41) is 18.2. The molecule has 0 aromatic heterocycles. The van der Waals surface area contributed by atoms with Crippen LogP contribution in [0.5, 0.6) is 0 Å². The number of hydrogen-bond donors (Lipinski definition) is 2. The molecule has 2 nitrogen and oxygen atoms in total. The Bertz CT molecular complexity index is 81.3. The van der Waals surface area contributed by atoms with Gasteiger partial charge in [-0.3, -0.25) is 0 Å². The molecule has 3 atom stereocenters. The Hall–Kier alpha value is -0.0800. The number of hydrogen-bond acceptors (Lipinski definition) is 2. The molecule has 0 unspecified atom stereocenters. The molecule has 0 rings (SSSR count). The predicted octanol–water partition coefficient (Wildman–Crippen LogP) is 1.16. The Morgan fingerprint density at radius 1 is 1.20 bits per heavy atom. The molecule has 0 fully saturated rings. The Morgan fingerprint density at radius 2 is 1.70 bits per heavy atom. The topological polar surface area (TPSA) is 40.5 Å². The van der Waals surface area contributed by atoms with Crippen molar-refractivity contribution in [2.75, 3.05) is 0 Å². The van der Waals surface area contributed by atoms with Crippen LogP contribution in [0.2, 0.25) is 0 Å². The van der Waals surface area contributed by atoms with Crippen LogP contribution in [0.25, 0.3) is 0 Å². The zero-order valence-electron chi connectivity index (χ0n) is 7.04. The molecule has 0 aliphatic heterocycles. The first kappa shape index (κ1) is 9.92. The molecule has 0 amide bonds. The normalized spacial score (nSPS) is 20.1. The summed E-state index contributed by atoms with van der Waals surface area (Å²) in [4.78, 5) is 0. The molecule has 0 saturated carbocycles. The molecule has 0 aliphatic carbocycles. The van der Waals surface area contributed by atoms with Gasteiger partial charge < -0.3 is 10.2 Å². The molecular weight excluding hydrogens is 128 g/mol. The summed E-state index contributed by atoms with van der Waals surface area (Å²) >= 11 is 0. The van der Waals surface area contributed by atoms with Crippen molar-refractivity contribution in [1.29, 1.82) is 0 Å². The van der Waals surface area contributed by atoms with Crippen molar-refractivity contribution in [2.45, 2.75) is 45.8 Å². The van der Waals surface area contributed by atoms with Crippen molar-refractivity contribution in [1.82, 2.24) is 0 Å². The van der Waals surface area contributed by atoms with E-state index in [1.54, 1.807) is 6.92 Å². The van der Waals surface area contributed by atoms with E-state index in [4.69, 9.17) is 5.11 Å². The van der Waals surface area contributed by atoms with Gasteiger partial charge in [-0.2, -0.15) is 0 Å². The number of aliphatic hydroxyl groups excluding tert-OH is 2. The summed E-state index contributed by atoms with van der Waals surface area (Å²) in [7, 11) is 0. The molecule has 0 saturated heterocycles.